The molecular formula is C24H29F3N8O3. The highest BCUT2D eigenvalue weighted by molar-refractivity contribution is 5.92. The van der Waals surface area contributed by atoms with Crippen LogP contribution < -0.4 is 15.4 Å². The van der Waals surface area contributed by atoms with Gasteiger partial charge in [-0.3, -0.25) is 19.0 Å². The number of hydrogen-bond acceptors (Lipinski definition) is 7. The van der Waals surface area contributed by atoms with E-state index in [1.165, 1.54) is 25.0 Å². The monoisotopic (exact) mass is 534 g/mol. The van der Waals surface area contributed by atoms with Gasteiger partial charge in [-0.1, -0.05) is 35.4 Å². The van der Waals surface area contributed by atoms with Crippen molar-refractivity contribution in [1.82, 2.24) is 35.3 Å². The summed E-state index contributed by atoms with van der Waals surface area (Å²) in [6.07, 6.45) is 4.52. The molecule has 1 aromatic carbocycles. The number of anilines is 1. The summed E-state index contributed by atoms with van der Waals surface area (Å²) in [6.45, 7) is 1.80. The van der Waals surface area contributed by atoms with E-state index in [2.05, 4.69) is 36.0 Å². The molecule has 2 heterocycles. The van der Waals surface area contributed by atoms with E-state index in [-0.39, 0.29) is 18.1 Å². The zero-order valence-corrected chi connectivity index (χ0v) is 20.7. The molecule has 0 spiro atoms. The van der Waals surface area contributed by atoms with E-state index in [1.54, 1.807) is 21.8 Å². The molecule has 0 bridgehead atoms. The van der Waals surface area contributed by atoms with E-state index in [0.29, 0.717) is 36.8 Å². The zero-order valence-electron chi connectivity index (χ0n) is 20.7. The molecule has 0 aliphatic heterocycles. The van der Waals surface area contributed by atoms with Crippen LogP contribution in [0, 0.1) is 5.92 Å². The maximum Gasteiger partial charge on any atom is 0.573 e. The van der Waals surface area contributed by atoms with Crippen LogP contribution in [0.2, 0.25) is 0 Å². The minimum atomic E-state index is -4.80. The normalized spacial score (nSPS) is 14.0. The molecule has 0 saturated heterocycles. The minimum absolute atomic E-state index is 0.152. The van der Waals surface area contributed by atoms with Crippen molar-refractivity contribution in [2.24, 2.45) is 5.92 Å². The van der Waals surface area contributed by atoms with Crippen LogP contribution >= 0.6 is 0 Å². The van der Waals surface area contributed by atoms with Crippen molar-refractivity contribution in [1.29, 1.82) is 0 Å². The predicted octanol–water partition coefficient (Wildman–Crippen LogP) is 3.35. The minimum Gasteiger partial charge on any atom is -0.406 e. The van der Waals surface area contributed by atoms with E-state index in [0.717, 1.165) is 37.8 Å². The Balaban J connectivity index is 1.15. The third-order valence-corrected chi connectivity index (χ3v) is 6.12. The maximum atomic E-state index is 12.4. The predicted molar refractivity (Wildman–Crippen MR) is 129 cm³/mol. The number of alkyl halides is 3. The summed E-state index contributed by atoms with van der Waals surface area (Å²) in [5.74, 6) is -0.253. The standard InChI is InChI=1S/C24H29F3N8O3/c25-24(26,27)38-19-9-5-8-18(12-19)13-22(36)29-21-16-35(33-31-21)11-4-3-10-34-15-20(30-32-34)23(37)28-14-17-6-1-2-7-17/h5,8-9,12,15-17H,1-4,6-7,10-11,13-14H2,(H,28,37)(H,29,36). The van der Waals surface area contributed by atoms with Gasteiger partial charge in [0.15, 0.2) is 11.5 Å². The summed E-state index contributed by atoms with van der Waals surface area (Å²) < 4.78 is 44.2. The zero-order chi connectivity index (χ0) is 27.0. The second-order valence-electron chi connectivity index (χ2n) is 9.22. The van der Waals surface area contributed by atoms with E-state index < -0.39 is 18.0 Å². The number of carbonyl (C=O) groups excluding carboxylic acids is 2. The number of aromatic nitrogens is 6. The summed E-state index contributed by atoms with van der Waals surface area (Å²) in [4.78, 5) is 24.5. The van der Waals surface area contributed by atoms with Crippen LogP contribution in [0.4, 0.5) is 19.0 Å². The Kier molecular flexibility index (Phi) is 8.92. The quantitative estimate of drug-likeness (QED) is 0.341. The van der Waals surface area contributed by atoms with Crippen molar-refractivity contribution in [3.05, 3.63) is 47.9 Å². The third kappa shape index (κ3) is 8.56. The molecule has 38 heavy (non-hydrogen) atoms. The molecule has 3 aromatic rings. The molecule has 2 N–H and O–H groups in total. The number of unbranched alkanes of at least 4 members (excludes halogenated alkanes) is 1. The Bertz CT molecular complexity index is 1220. The lowest BCUT2D eigenvalue weighted by atomic mass is 10.1. The van der Waals surface area contributed by atoms with Crippen LogP contribution in [0.1, 0.15) is 54.6 Å². The summed E-state index contributed by atoms with van der Waals surface area (Å²) >= 11 is 0. The number of amides is 2. The molecule has 2 aromatic heterocycles. The van der Waals surface area contributed by atoms with Crippen LogP contribution in [0.25, 0.3) is 0 Å². The van der Waals surface area contributed by atoms with Crippen molar-refractivity contribution in [3.8, 4) is 5.75 Å². The molecule has 1 aliphatic rings. The SMILES string of the molecule is O=C(Cc1cccc(OC(F)(F)F)c1)Nc1cn(CCCCn2cc(C(=O)NCC3CCCC3)nn2)nn1. The molecule has 1 saturated carbocycles. The maximum absolute atomic E-state index is 12.4. The number of nitrogens with zero attached hydrogens (tertiary/aromatic N) is 6. The van der Waals surface area contributed by atoms with Crippen LogP contribution in [-0.4, -0.2) is 54.7 Å². The molecule has 11 nitrogen and oxygen atoms in total. The smallest absolute Gasteiger partial charge is 0.406 e. The van der Waals surface area contributed by atoms with Gasteiger partial charge in [-0.2, -0.15) is 0 Å². The van der Waals surface area contributed by atoms with Gasteiger partial charge in [0.2, 0.25) is 5.91 Å². The Morgan fingerprint density at radius 2 is 1.74 bits per heavy atom. The number of carbonyl (C=O) groups is 2. The van der Waals surface area contributed by atoms with Crippen molar-refractivity contribution in [3.63, 3.8) is 0 Å². The molecule has 0 unspecified atom stereocenters. The number of rotatable bonds is 12. The van der Waals surface area contributed by atoms with Crippen LogP contribution in [0.3, 0.4) is 0 Å². The van der Waals surface area contributed by atoms with E-state index in [4.69, 9.17) is 0 Å². The van der Waals surface area contributed by atoms with Gasteiger partial charge in [-0.25, -0.2) is 0 Å². The second-order valence-corrected chi connectivity index (χ2v) is 9.22. The van der Waals surface area contributed by atoms with Gasteiger partial charge in [0.1, 0.15) is 5.75 Å². The summed E-state index contributed by atoms with van der Waals surface area (Å²) in [7, 11) is 0. The molecule has 204 valence electrons. The van der Waals surface area contributed by atoms with Crippen LogP contribution in [0.5, 0.6) is 5.75 Å². The van der Waals surface area contributed by atoms with Crippen LogP contribution in [-0.2, 0) is 24.3 Å². The number of nitrogens with one attached hydrogen (secondary N) is 2. The fourth-order valence-corrected chi connectivity index (χ4v) is 4.29. The first-order valence-corrected chi connectivity index (χ1v) is 12.5. The average molecular weight is 535 g/mol. The van der Waals surface area contributed by atoms with Gasteiger partial charge in [-0.05, 0) is 49.3 Å². The largest absolute Gasteiger partial charge is 0.573 e. The Morgan fingerprint density at radius 3 is 2.47 bits per heavy atom. The van der Waals surface area contributed by atoms with Gasteiger partial charge < -0.3 is 15.4 Å². The highest BCUT2D eigenvalue weighted by Crippen LogP contribution is 2.24. The number of ether oxygens (including phenoxy) is 1. The number of benzene rings is 1. The molecule has 4 rings (SSSR count). The van der Waals surface area contributed by atoms with E-state index >= 15 is 0 Å². The van der Waals surface area contributed by atoms with E-state index in [1.807, 2.05) is 0 Å². The molecule has 0 radical (unpaired) electrons. The van der Waals surface area contributed by atoms with Gasteiger partial charge >= 0.3 is 6.36 Å². The molecule has 1 fully saturated rings. The lowest BCUT2D eigenvalue weighted by molar-refractivity contribution is -0.274. The molecule has 2 amide bonds. The van der Waals surface area contributed by atoms with Gasteiger partial charge in [0, 0.05) is 19.6 Å². The lowest BCUT2D eigenvalue weighted by Crippen LogP contribution is -2.28. The first kappa shape index (κ1) is 27.1. The van der Waals surface area contributed by atoms with Gasteiger partial charge in [0.25, 0.3) is 5.91 Å². The summed E-state index contributed by atoms with van der Waals surface area (Å²) in [5, 5.41) is 21.4. The van der Waals surface area contributed by atoms with Crippen molar-refractivity contribution in [2.75, 3.05) is 11.9 Å². The van der Waals surface area contributed by atoms with Crippen molar-refractivity contribution < 1.29 is 27.5 Å². The van der Waals surface area contributed by atoms with E-state index in [9.17, 15) is 22.8 Å². The first-order valence-electron chi connectivity index (χ1n) is 12.5. The molecule has 0 atom stereocenters. The van der Waals surface area contributed by atoms with Crippen molar-refractivity contribution >= 4 is 17.6 Å². The number of hydrogen-bond donors (Lipinski definition) is 2. The number of aryl methyl sites for hydroxylation is 2. The molecule has 1 aliphatic carbocycles. The van der Waals surface area contributed by atoms with Gasteiger partial charge in [-0.15, -0.1) is 23.4 Å². The summed E-state index contributed by atoms with van der Waals surface area (Å²) in [5.41, 5.74) is 0.665. The van der Waals surface area contributed by atoms with Gasteiger partial charge in [0.05, 0.1) is 18.8 Å². The highest BCUT2D eigenvalue weighted by Gasteiger charge is 2.31. The lowest BCUT2D eigenvalue weighted by Gasteiger charge is -2.09. The third-order valence-electron chi connectivity index (χ3n) is 6.12. The Hall–Kier alpha value is -3.97. The molecule has 14 heteroatoms. The Labute approximate surface area is 216 Å². The average Bonchev–Trinajstić information content (AvgIpc) is 3.62. The topological polar surface area (TPSA) is 129 Å². The molecular weight excluding hydrogens is 505 g/mol. The number of halogens is 3. The fraction of sp³-hybridized carbons (Fsp3) is 0.500. The van der Waals surface area contributed by atoms with Crippen molar-refractivity contribution in [2.45, 2.75) is 64.4 Å². The van der Waals surface area contributed by atoms with Crippen LogP contribution in [0.15, 0.2) is 36.7 Å². The summed E-state index contributed by atoms with van der Waals surface area (Å²) in [6, 6.07) is 5.23. The first-order chi connectivity index (χ1) is 18.2. The fourth-order valence-electron chi connectivity index (χ4n) is 4.29. The Morgan fingerprint density at radius 1 is 1.03 bits per heavy atom. The highest BCUT2D eigenvalue weighted by atomic mass is 19.4. The second kappa shape index (κ2) is 12.5.